The Kier molecular flexibility index (Phi) is 4.73. The van der Waals surface area contributed by atoms with E-state index in [0.29, 0.717) is 41.9 Å². The zero-order valence-corrected chi connectivity index (χ0v) is 15.2. The molecule has 5 nitrogen and oxygen atoms in total. The van der Waals surface area contributed by atoms with Crippen LogP contribution in [0.15, 0.2) is 36.7 Å². The summed E-state index contributed by atoms with van der Waals surface area (Å²) in [6.07, 6.45) is 1.15. The molecule has 4 rings (SSSR count). The van der Waals surface area contributed by atoms with Crippen LogP contribution in [-0.4, -0.2) is 39.6 Å². The number of rotatable bonds is 3. The minimum Gasteiger partial charge on any atom is -0.341 e. The largest absolute Gasteiger partial charge is 0.341 e. The van der Waals surface area contributed by atoms with Crippen molar-refractivity contribution in [3.8, 4) is 11.4 Å². The van der Waals surface area contributed by atoms with E-state index >= 15 is 0 Å². The van der Waals surface area contributed by atoms with Crippen LogP contribution in [-0.2, 0) is 6.42 Å². The summed E-state index contributed by atoms with van der Waals surface area (Å²) in [6.45, 7) is 0.498. The van der Waals surface area contributed by atoms with E-state index in [1.165, 1.54) is 12.3 Å². The van der Waals surface area contributed by atoms with Crippen LogP contribution in [0.2, 0.25) is 0 Å². The summed E-state index contributed by atoms with van der Waals surface area (Å²) >= 11 is 0. The highest BCUT2D eigenvalue weighted by molar-refractivity contribution is 5.98. The Labute approximate surface area is 163 Å². The van der Waals surface area contributed by atoms with Gasteiger partial charge in [0, 0.05) is 30.9 Å². The van der Waals surface area contributed by atoms with Gasteiger partial charge in [0.1, 0.15) is 5.69 Å². The molecule has 1 aliphatic rings. The third-order valence-electron chi connectivity index (χ3n) is 4.84. The lowest BCUT2D eigenvalue weighted by molar-refractivity contribution is 0.0781. The van der Waals surface area contributed by atoms with Crippen LogP contribution in [0.1, 0.15) is 33.2 Å². The molecule has 0 fully saturated rings. The van der Waals surface area contributed by atoms with E-state index in [1.54, 1.807) is 18.0 Å². The van der Waals surface area contributed by atoms with Gasteiger partial charge in [-0.2, -0.15) is 5.10 Å². The van der Waals surface area contributed by atoms with Gasteiger partial charge in [-0.05, 0) is 41.8 Å². The second-order valence-corrected chi connectivity index (χ2v) is 6.70. The predicted molar refractivity (Wildman–Crippen MR) is 95.2 cm³/mol. The molecular weight excluding hydrogens is 388 g/mol. The van der Waals surface area contributed by atoms with E-state index in [0.717, 1.165) is 6.20 Å². The molecule has 9 heteroatoms. The third kappa shape index (κ3) is 3.32. The topological polar surface area (TPSA) is 59.0 Å². The van der Waals surface area contributed by atoms with Crippen LogP contribution < -0.4 is 0 Å². The van der Waals surface area contributed by atoms with Crippen molar-refractivity contribution >= 4 is 5.91 Å². The van der Waals surface area contributed by atoms with Crippen molar-refractivity contribution in [1.82, 2.24) is 20.1 Å². The van der Waals surface area contributed by atoms with Gasteiger partial charge in [0.25, 0.3) is 5.91 Å². The quantitative estimate of drug-likeness (QED) is 0.496. The van der Waals surface area contributed by atoms with E-state index in [1.807, 2.05) is 0 Å². The highest BCUT2D eigenvalue weighted by atomic mass is 19.2. The molecule has 2 aromatic heterocycles. The number of amides is 1. The summed E-state index contributed by atoms with van der Waals surface area (Å²) in [5.41, 5.74) is 1.36. The summed E-state index contributed by atoms with van der Waals surface area (Å²) < 4.78 is 55.0. The van der Waals surface area contributed by atoms with Gasteiger partial charge < -0.3 is 4.90 Å². The number of pyridine rings is 1. The van der Waals surface area contributed by atoms with Crippen LogP contribution in [0.3, 0.4) is 0 Å². The number of likely N-dealkylation sites (N-methyl/N-ethyl adjacent to an activating group) is 1. The summed E-state index contributed by atoms with van der Waals surface area (Å²) in [6, 6.07) is 4.15. The Hall–Kier alpha value is -3.36. The molecule has 0 saturated heterocycles. The average molecular weight is 402 g/mol. The van der Waals surface area contributed by atoms with Gasteiger partial charge in [0.05, 0.1) is 11.9 Å². The Balaban J connectivity index is 1.75. The molecule has 3 heterocycles. The number of aromatic nitrogens is 3. The Morgan fingerprint density at radius 3 is 2.55 bits per heavy atom. The molecule has 0 radical (unpaired) electrons. The van der Waals surface area contributed by atoms with E-state index in [9.17, 15) is 22.4 Å². The standard InChI is InChI=1S/C20H14F4N4O/c1-28-5-3-12-13(20(28)29)2-4-25-19(12)16-8-11(9-26-27-16)17(23)10-6-14(21)18(24)15(22)7-10/h2,4,6-9,17H,3,5H2,1H3/t17-/m1/s1. The SMILES string of the molecule is CN1CCc2c(ccnc2-c2cc([C@H](F)c3cc(F)c(F)c(F)c3)cnn2)C1=O. The zero-order chi connectivity index (χ0) is 20.7. The molecule has 3 aromatic rings. The second-order valence-electron chi connectivity index (χ2n) is 6.70. The fourth-order valence-corrected chi connectivity index (χ4v) is 3.30. The summed E-state index contributed by atoms with van der Waals surface area (Å²) in [5, 5.41) is 7.74. The molecule has 29 heavy (non-hydrogen) atoms. The fraction of sp³-hybridized carbons (Fsp3) is 0.200. The third-order valence-corrected chi connectivity index (χ3v) is 4.84. The first-order chi connectivity index (χ1) is 13.9. The van der Waals surface area contributed by atoms with Crippen LogP contribution in [0.4, 0.5) is 17.6 Å². The maximum absolute atomic E-state index is 14.9. The van der Waals surface area contributed by atoms with Crippen molar-refractivity contribution in [2.75, 3.05) is 13.6 Å². The molecule has 0 spiro atoms. The second kappa shape index (κ2) is 7.23. The Morgan fingerprint density at radius 1 is 1.10 bits per heavy atom. The van der Waals surface area contributed by atoms with Gasteiger partial charge in [-0.3, -0.25) is 9.78 Å². The number of benzene rings is 1. The number of nitrogens with zero attached hydrogens (tertiary/aromatic N) is 4. The minimum absolute atomic E-state index is 0.0286. The van der Waals surface area contributed by atoms with Crippen LogP contribution in [0, 0.1) is 17.5 Å². The van der Waals surface area contributed by atoms with Crippen molar-refractivity contribution in [1.29, 1.82) is 0 Å². The predicted octanol–water partition coefficient (Wildman–Crippen LogP) is 3.64. The van der Waals surface area contributed by atoms with Gasteiger partial charge in [0.15, 0.2) is 23.6 Å². The maximum Gasteiger partial charge on any atom is 0.254 e. The van der Waals surface area contributed by atoms with Crippen LogP contribution in [0.5, 0.6) is 0 Å². The smallest absolute Gasteiger partial charge is 0.254 e. The number of hydrogen-bond donors (Lipinski definition) is 0. The highest BCUT2D eigenvalue weighted by Crippen LogP contribution is 2.31. The van der Waals surface area contributed by atoms with E-state index in [4.69, 9.17) is 0 Å². The number of fused-ring (bicyclic) bond motifs is 1. The molecule has 1 amide bonds. The van der Waals surface area contributed by atoms with Crippen molar-refractivity contribution in [3.63, 3.8) is 0 Å². The number of alkyl halides is 1. The van der Waals surface area contributed by atoms with Crippen molar-refractivity contribution in [2.24, 2.45) is 0 Å². The van der Waals surface area contributed by atoms with Gasteiger partial charge >= 0.3 is 0 Å². The number of hydrogen-bond acceptors (Lipinski definition) is 4. The summed E-state index contributed by atoms with van der Waals surface area (Å²) in [7, 11) is 1.69. The first-order valence-corrected chi connectivity index (χ1v) is 8.71. The lowest BCUT2D eigenvalue weighted by atomic mass is 9.96. The number of carbonyl (C=O) groups excluding carboxylic acids is 1. The van der Waals surface area contributed by atoms with E-state index in [2.05, 4.69) is 15.2 Å². The van der Waals surface area contributed by atoms with Gasteiger partial charge in [0.2, 0.25) is 0 Å². The maximum atomic E-state index is 14.9. The van der Waals surface area contributed by atoms with Gasteiger partial charge in [-0.15, -0.1) is 5.10 Å². The molecule has 0 aliphatic carbocycles. The molecule has 0 unspecified atom stereocenters. The minimum atomic E-state index is -1.96. The Bertz CT molecular complexity index is 1100. The van der Waals surface area contributed by atoms with Crippen molar-refractivity contribution in [3.05, 3.63) is 76.4 Å². The van der Waals surface area contributed by atoms with E-state index < -0.39 is 23.6 Å². The lowest BCUT2D eigenvalue weighted by Crippen LogP contribution is -2.34. The molecule has 1 aliphatic heterocycles. The summed E-state index contributed by atoms with van der Waals surface area (Å²) in [4.78, 5) is 18.2. The summed E-state index contributed by atoms with van der Waals surface area (Å²) in [5.74, 6) is -4.78. The van der Waals surface area contributed by atoms with E-state index in [-0.39, 0.29) is 22.7 Å². The first kappa shape index (κ1) is 19.0. The molecule has 1 aromatic carbocycles. The molecule has 0 saturated carbocycles. The number of carbonyl (C=O) groups is 1. The normalized spacial score (nSPS) is 14.7. The van der Waals surface area contributed by atoms with Gasteiger partial charge in [-0.1, -0.05) is 0 Å². The molecule has 148 valence electrons. The lowest BCUT2D eigenvalue weighted by Gasteiger charge is -2.25. The number of halogens is 4. The first-order valence-electron chi connectivity index (χ1n) is 8.71. The molecular formula is C20H14F4N4O. The average Bonchev–Trinajstić information content (AvgIpc) is 2.73. The Morgan fingerprint density at radius 2 is 1.83 bits per heavy atom. The van der Waals surface area contributed by atoms with Crippen LogP contribution in [0.25, 0.3) is 11.4 Å². The molecule has 0 bridgehead atoms. The fourth-order valence-electron chi connectivity index (χ4n) is 3.30. The molecule has 1 atom stereocenters. The van der Waals surface area contributed by atoms with Crippen molar-refractivity contribution in [2.45, 2.75) is 12.6 Å². The van der Waals surface area contributed by atoms with Gasteiger partial charge in [-0.25, -0.2) is 17.6 Å². The van der Waals surface area contributed by atoms with Crippen molar-refractivity contribution < 1.29 is 22.4 Å². The zero-order valence-electron chi connectivity index (χ0n) is 15.2. The van der Waals surface area contributed by atoms with Crippen LogP contribution >= 0.6 is 0 Å². The monoisotopic (exact) mass is 402 g/mol. The highest BCUT2D eigenvalue weighted by Gasteiger charge is 2.26. The molecule has 0 N–H and O–H groups in total.